The molecule has 1 atom stereocenters. The van der Waals surface area contributed by atoms with Crippen molar-refractivity contribution in [1.29, 1.82) is 0 Å². The summed E-state index contributed by atoms with van der Waals surface area (Å²) < 4.78 is 22.8. The summed E-state index contributed by atoms with van der Waals surface area (Å²) in [5.41, 5.74) is 3.00. The molecule has 0 aromatic heterocycles. The van der Waals surface area contributed by atoms with E-state index in [-0.39, 0.29) is 6.04 Å². The molecule has 178 valence electrons. The highest BCUT2D eigenvalue weighted by Gasteiger charge is 2.32. The number of para-hydroxylation sites is 3. The fraction of sp³-hybridized carbons (Fsp3) is 0.269. The molecule has 0 radical (unpaired) electrons. The molecule has 1 aliphatic heterocycles. The van der Waals surface area contributed by atoms with Crippen LogP contribution in [-0.2, 0) is 6.42 Å². The van der Waals surface area contributed by atoms with Gasteiger partial charge in [-0.2, -0.15) is 0 Å². The molecule has 8 heteroatoms. The zero-order chi connectivity index (χ0) is 24.1. The van der Waals surface area contributed by atoms with Crippen LogP contribution in [0.1, 0.15) is 17.2 Å². The number of nitrogens with zero attached hydrogens (tertiary/aromatic N) is 1. The number of thiocarbonyl (C=S) groups is 1. The number of hydrogen-bond donors (Lipinski definition) is 1. The smallest absolute Gasteiger partial charge is 0.174 e. The maximum atomic E-state index is 6.36. The number of hydrogen-bond acceptors (Lipinski definition) is 5. The topological polar surface area (TPSA) is 52.2 Å². The Bertz CT molecular complexity index is 1170. The lowest BCUT2D eigenvalue weighted by atomic mass is 9.92. The summed E-state index contributed by atoms with van der Waals surface area (Å²) in [4.78, 5) is 2.13. The van der Waals surface area contributed by atoms with Crippen LogP contribution >= 0.6 is 23.8 Å². The largest absolute Gasteiger partial charge is 0.493 e. The lowest BCUT2D eigenvalue weighted by Gasteiger charge is -2.39. The van der Waals surface area contributed by atoms with Crippen LogP contribution in [0.15, 0.2) is 60.7 Å². The van der Waals surface area contributed by atoms with Crippen LogP contribution in [0, 0.1) is 0 Å². The minimum atomic E-state index is -0.170. The van der Waals surface area contributed by atoms with Crippen molar-refractivity contribution in [2.24, 2.45) is 0 Å². The number of fused-ring (bicyclic) bond motifs is 1. The number of halogens is 1. The van der Waals surface area contributed by atoms with Crippen molar-refractivity contribution in [1.82, 2.24) is 4.90 Å². The average molecular weight is 499 g/mol. The van der Waals surface area contributed by atoms with Crippen LogP contribution in [-0.4, -0.2) is 44.5 Å². The SMILES string of the molecule is COc1cc2c(cc1OC)C(COc1ccccc1OC)N(C(=S)Nc1ccccc1Cl)CC2. The lowest BCUT2D eigenvalue weighted by Crippen LogP contribution is -2.44. The highest BCUT2D eigenvalue weighted by Crippen LogP contribution is 2.39. The highest BCUT2D eigenvalue weighted by molar-refractivity contribution is 7.80. The van der Waals surface area contributed by atoms with Crippen LogP contribution in [0.4, 0.5) is 5.69 Å². The van der Waals surface area contributed by atoms with Gasteiger partial charge >= 0.3 is 0 Å². The third-order valence-corrected chi connectivity index (χ3v) is 6.51. The van der Waals surface area contributed by atoms with Crippen LogP contribution in [0.25, 0.3) is 0 Å². The normalized spacial score (nSPS) is 14.7. The molecule has 0 saturated heterocycles. The quantitative estimate of drug-likeness (QED) is 0.417. The Hall–Kier alpha value is -3.16. The van der Waals surface area contributed by atoms with Gasteiger partial charge in [0.05, 0.1) is 38.1 Å². The van der Waals surface area contributed by atoms with Gasteiger partial charge < -0.3 is 29.2 Å². The second kappa shape index (κ2) is 10.8. The van der Waals surface area contributed by atoms with Crippen LogP contribution < -0.4 is 24.3 Å². The van der Waals surface area contributed by atoms with Gasteiger partial charge in [0, 0.05) is 6.54 Å². The van der Waals surface area contributed by atoms with Crippen molar-refractivity contribution in [3.05, 3.63) is 76.8 Å². The van der Waals surface area contributed by atoms with Crippen molar-refractivity contribution >= 4 is 34.6 Å². The second-order valence-electron chi connectivity index (χ2n) is 7.74. The predicted octanol–water partition coefficient (Wildman–Crippen LogP) is 5.74. The predicted molar refractivity (Wildman–Crippen MR) is 139 cm³/mol. The van der Waals surface area contributed by atoms with E-state index < -0.39 is 0 Å². The fourth-order valence-electron chi connectivity index (χ4n) is 4.11. The molecule has 4 rings (SSSR count). The first-order valence-electron chi connectivity index (χ1n) is 10.9. The van der Waals surface area contributed by atoms with Crippen molar-refractivity contribution < 1.29 is 18.9 Å². The molecule has 1 unspecified atom stereocenters. The molecule has 1 aliphatic rings. The van der Waals surface area contributed by atoms with E-state index in [2.05, 4.69) is 10.2 Å². The standard InChI is InChI=1S/C26H27ClN2O4S/c1-30-22-10-6-7-11-23(22)33-16-21-18-15-25(32-3)24(31-2)14-17(18)12-13-29(21)26(34)28-20-9-5-4-8-19(20)27/h4-11,14-15,21H,12-13,16H2,1-3H3,(H,28,34). The van der Waals surface area contributed by atoms with E-state index in [1.807, 2.05) is 60.7 Å². The molecule has 6 nitrogen and oxygen atoms in total. The van der Waals surface area contributed by atoms with Crippen LogP contribution in [0.3, 0.4) is 0 Å². The molecular formula is C26H27ClN2O4S. The third kappa shape index (κ3) is 5.00. The number of ether oxygens (including phenoxy) is 4. The zero-order valence-electron chi connectivity index (χ0n) is 19.3. The summed E-state index contributed by atoms with van der Waals surface area (Å²) in [6, 6.07) is 19.0. The summed E-state index contributed by atoms with van der Waals surface area (Å²) in [6.45, 7) is 1.06. The summed E-state index contributed by atoms with van der Waals surface area (Å²) in [5, 5.41) is 4.48. The first-order valence-corrected chi connectivity index (χ1v) is 11.7. The molecule has 0 spiro atoms. The third-order valence-electron chi connectivity index (χ3n) is 5.84. The number of methoxy groups -OCH3 is 3. The van der Waals surface area contributed by atoms with Crippen LogP contribution in [0.5, 0.6) is 23.0 Å². The number of benzene rings is 3. The lowest BCUT2D eigenvalue weighted by molar-refractivity contribution is 0.185. The Kier molecular flexibility index (Phi) is 7.65. The molecule has 1 heterocycles. The van der Waals surface area contributed by atoms with Crippen molar-refractivity contribution in [3.63, 3.8) is 0 Å². The van der Waals surface area contributed by atoms with Gasteiger partial charge in [0.2, 0.25) is 0 Å². The van der Waals surface area contributed by atoms with Gasteiger partial charge in [-0.25, -0.2) is 0 Å². The molecule has 3 aromatic rings. The van der Waals surface area contributed by atoms with Crippen molar-refractivity contribution in [2.45, 2.75) is 12.5 Å². The Labute approximate surface area is 210 Å². The van der Waals surface area contributed by atoms with Gasteiger partial charge in [-0.1, -0.05) is 35.9 Å². The molecule has 0 fully saturated rings. The Morgan fingerprint density at radius 3 is 2.29 bits per heavy atom. The van der Waals surface area contributed by atoms with Crippen molar-refractivity contribution in [2.75, 3.05) is 39.8 Å². The van der Waals surface area contributed by atoms with Gasteiger partial charge in [-0.05, 0) is 66.2 Å². The van der Waals surface area contributed by atoms with E-state index >= 15 is 0 Å². The Morgan fingerprint density at radius 2 is 1.59 bits per heavy atom. The highest BCUT2D eigenvalue weighted by atomic mass is 35.5. The van der Waals surface area contributed by atoms with Gasteiger partial charge in [0.15, 0.2) is 28.1 Å². The Morgan fingerprint density at radius 1 is 0.941 bits per heavy atom. The van der Waals surface area contributed by atoms with Gasteiger partial charge in [-0.15, -0.1) is 0 Å². The van der Waals surface area contributed by atoms with Gasteiger partial charge in [-0.3, -0.25) is 0 Å². The molecule has 0 saturated carbocycles. The molecule has 3 aromatic carbocycles. The monoisotopic (exact) mass is 498 g/mol. The van der Waals surface area contributed by atoms with Gasteiger partial charge in [0.25, 0.3) is 0 Å². The number of anilines is 1. The van der Waals surface area contributed by atoms with Crippen molar-refractivity contribution in [3.8, 4) is 23.0 Å². The second-order valence-corrected chi connectivity index (χ2v) is 8.53. The Balaban J connectivity index is 1.67. The summed E-state index contributed by atoms with van der Waals surface area (Å²) in [7, 11) is 4.91. The summed E-state index contributed by atoms with van der Waals surface area (Å²) in [5.74, 6) is 2.71. The zero-order valence-corrected chi connectivity index (χ0v) is 20.9. The molecule has 0 amide bonds. The summed E-state index contributed by atoms with van der Waals surface area (Å²) in [6.07, 6.45) is 0.797. The fourth-order valence-corrected chi connectivity index (χ4v) is 4.62. The summed E-state index contributed by atoms with van der Waals surface area (Å²) >= 11 is 12.2. The maximum Gasteiger partial charge on any atom is 0.174 e. The molecule has 0 aliphatic carbocycles. The van der Waals surface area contributed by atoms with E-state index in [0.29, 0.717) is 46.3 Å². The molecule has 1 N–H and O–H groups in total. The van der Waals surface area contributed by atoms with Crippen LogP contribution in [0.2, 0.25) is 5.02 Å². The molecule has 34 heavy (non-hydrogen) atoms. The molecule has 0 bridgehead atoms. The van der Waals surface area contributed by atoms with E-state index in [4.69, 9.17) is 42.8 Å². The van der Waals surface area contributed by atoms with E-state index in [1.54, 1.807) is 21.3 Å². The first kappa shape index (κ1) is 24.0. The number of rotatable bonds is 7. The molecular weight excluding hydrogens is 472 g/mol. The van der Waals surface area contributed by atoms with E-state index in [0.717, 1.165) is 17.7 Å². The average Bonchev–Trinajstić information content (AvgIpc) is 2.87. The van der Waals surface area contributed by atoms with E-state index in [9.17, 15) is 0 Å². The first-order chi connectivity index (χ1) is 16.5. The van der Waals surface area contributed by atoms with Gasteiger partial charge in [0.1, 0.15) is 6.61 Å². The maximum absolute atomic E-state index is 6.36. The minimum Gasteiger partial charge on any atom is -0.493 e. The minimum absolute atomic E-state index is 0.170. The number of nitrogens with one attached hydrogen (secondary N) is 1. The van der Waals surface area contributed by atoms with E-state index in [1.165, 1.54) is 5.56 Å².